The molecule has 0 bridgehead atoms. The maximum atomic E-state index is 11.3. The molecule has 1 rings (SSSR count). The van der Waals surface area contributed by atoms with Crippen molar-refractivity contribution in [2.24, 2.45) is 0 Å². The zero-order valence-electron chi connectivity index (χ0n) is 9.03. The lowest BCUT2D eigenvalue weighted by Crippen LogP contribution is -2.30. The van der Waals surface area contributed by atoms with Crippen molar-refractivity contribution < 1.29 is 4.79 Å². The van der Waals surface area contributed by atoms with E-state index in [4.69, 9.17) is 5.26 Å². The molecule has 80 valence electrons. The summed E-state index contributed by atoms with van der Waals surface area (Å²) in [6, 6.07) is 5.78. The van der Waals surface area contributed by atoms with E-state index in [1.165, 1.54) is 0 Å². The van der Waals surface area contributed by atoms with Crippen LogP contribution >= 0.6 is 0 Å². The van der Waals surface area contributed by atoms with Gasteiger partial charge in [-0.05, 0) is 26.0 Å². The SMILES string of the molecule is CC(C)NC(=O)CCn1cccc1C#N. The van der Waals surface area contributed by atoms with E-state index in [0.717, 1.165) is 0 Å². The Hall–Kier alpha value is -1.76. The van der Waals surface area contributed by atoms with E-state index in [1.54, 1.807) is 22.9 Å². The molecule has 0 fully saturated rings. The first-order valence-electron chi connectivity index (χ1n) is 4.98. The number of aryl methyl sites for hydroxylation is 1. The van der Waals surface area contributed by atoms with Crippen LogP contribution < -0.4 is 5.32 Å². The predicted molar refractivity (Wildman–Crippen MR) is 57.0 cm³/mol. The average Bonchev–Trinajstić information content (AvgIpc) is 2.60. The van der Waals surface area contributed by atoms with Crippen LogP contribution in [-0.2, 0) is 11.3 Å². The molecule has 0 radical (unpaired) electrons. The maximum absolute atomic E-state index is 11.3. The molecule has 1 heterocycles. The van der Waals surface area contributed by atoms with Gasteiger partial charge in [0.2, 0.25) is 5.91 Å². The van der Waals surface area contributed by atoms with Gasteiger partial charge in [0.1, 0.15) is 11.8 Å². The molecular weight excluding hydrogens is 190 g/mol. The molecule has 0 atom stereocenters. The Morgan fingerprint density at radius 1 is 1.67 bits per heavy atom. The molecule has 0 aliphatic rings. The van der Waals surface area contributed by atoms with E-state index in [-0.39, 0.29) is 11.9 Å². The largest absolute Gasteiger partial charge is 0.354 e. The molecular formula is C11H15N3O. The highest BCUT2D eigenvalue weighted by molar-refractivity contribution is 5.76. The summed E-state index contributed by atoms with van der Waals surface area (Å²) in [6.07, 6.45) is 2.21. The van der Waals surface area contributed by atoms with Crippen molar-refractivity contribution in [1.29, 1.82) is 5.26 Å². The normalized spacial score (nSPS) is 10.0. The van der Waals surface area contributed by atoms with Crippen LogP contribution in [0.15, 0.2) is 18.3 Å². The number of amides is 1. The Balaban J connectivity index is 2.44. The molecule has 0 unspecified atom stereocenters. The monoisotopic (exact) mass is 205 g/mol. The van der Waals surface area contributed by atoms with Crippen LogP contribution in [-0.4, -0.2) is 16.5 Å². The fourth-order valence-corrected chi connectivity index (χ4v) is 1.33. The fraction of sp³-hybridized carbons (Fsp3) is 0.455. The molecule has 1 aromatic rings. The number of nitrogens with zero attached hydrogens (tertiary/aromatic N) is 2. The summed E-state index contributed by atoms with van der Waals surface area (Å²) in [4.78, 5) is 11.3. The maximum Gasteiger partial charge on any atom is 0.221 e. The first-order valence-corrected chi connectivity index (χ1v) is 4.98. The van der Waals surface area contributed by atoms with Gasteiger partial charge < -0.3 is 9.88 Å². The van der Waals surface area contributed by atoms with Crippen LogP contribution in [0.25, 0.3) is 0 Å². The van der Waals surface area contributed by atoms with Gasteiger partial charge in [-0.25, -0.2) is 0 Å². The Labute approximate surface area is 89.5 Å². The summed E-state index contributed by atoms with van der Waals surface area (Å²) in [5.74, 6) is 0.0163. The minimum absolute atomic E-state index is 0.0163. The summed E-state index contributed by atoms with van der Waals surface area (Å²) in [5.41, 5.74) is 0.590. The Morgan fingerprint density at radius 3 is 3.00 bits per heavy atom. The van der Waals surface area contributed by atoms with Gasteiger partial charge in [-0.2, -0.15) is 5.26 Å². The summed E-state index contributed by atoms with van der Waals surface area (Å²) < 4.78 is 1.78. The molecule has 1 aromatic heterocycles. The molecule has 0 saturated heterocycles. The minimum Gasteiger partial charge on any atom is -0.354 e. The molecule has 0 spiro atoms. The third kappa shape index (κ3) is 3.47. The Morgan fingerprint density at radius 2 is 2.40 bits per heavy atom. The number of hydrogen-bond donors (Lipinski definition) is 1. The molecule has 4 nitrogen and oxygen atoms in total. The van der Waals surface area contributed by atoms with E-state index in [2.05, 4.69) is 11.4 Å². The zero-order chi connectivity index (χ0) is 11.3. The quantitative estimate of drug-likeness (QED) is 0.804. The predicted octanol–water partition coefficient (Wildman–Crippen LogP) is 1.27. The second kappa shape index (κ2) is 5.20. The molecule has 1 amide bonds. The van der Waals surface area contributed by atoms with Gasteiger partial charge >= 0.3 is 0 Å². The first kappa shape index (κ1) is 11.3. The molecule has 0 saturated carbocycles. The fourth-order valence-electron chi connectivity index (χ4n) is 1.33. The molecule has 15 heavy (non-hydrogen) atoms. The number of nitriles is 1. The van der Waals surface area contributed by atoms with E-state index in [9.17, 15) is 4.79 Å². The smallest absolute Gasteiger partial charge is 0.221 e. The number of nitrogens with one attached hydrogen (secondary N) is 1. The van der Waals surface area contributed by atoms with Crippen molar-refractivity contribution in [3.8, 4) is 6.07 Å². The average molecular weight is 205 g/mol. The first-order chi connectivity index (χ1) is 7.13. The van der Waals surface area contributed by atoms with Crippen LogP contribution in [0.5, 0.6) is 0 Å². The minimum atomic E-state index is 0.0163. The Kier molecular flexibility index (Phi) is 3.92. The molecule has 4 heteroatoms. The van der Waals surface area contributed by atoms with E-state index in [0.29, 0.717) is 18.7 Å². The van der Waals surface area contributed by atoms with Gasteiger partial charge in [-0.3, -0.25) is 4.79 Å². The lowest BCUT2D eigenvalue weighted by atomic mass is 10.3. The number of carbonyl (C=O) groups is 1. The van der Waals surface area contributed by atoms with Crippen molar-refractivity contribution >= 4 is 5.91 Å². The summed E-state index contributed by atoms with van der Waals surface area (Å²) >= 11 is 0. The molecule has 0 aromatic carbocycles. The number of aromatic nitrogens is 1. The van der Waals surface area contributed by atoms with Crippen LogP contribution in [0.1, 0.15) is 26.0 Å². The molecule has 0 aliphatic carbocycles. The van der Waals surface area contributed by atoms with Crippen molar-refractivity contribution in [2.45, 2.75) is 32.9 Å². The zero-order valence-corrected chi connectivity index (χ0v) is 9.03. The van der Waals surface area contributed by atoms with Gasteiger partial charge in [0.15, 0.2) is 0 Å². The Bertz CT molecular complexity index is 373. The van der Waals surface area contributed by atoms with Crippen LogP contribution in [0.4, 0.5) is 0 Å². The third-order valence-corrected chi connectivity index (χ3v) is 1.97. The molecule has 0 aliphatic heterocycles. The highest BCUT2D eigenvalue weighted by atomic mass is 16.1. The number of hydrogen-bond acceptors (Lipinski definition) is 2. The number of rotatable bonds is 4. The van der Waals surface area contributed by atoms with Gasteiger partial charge in [-0.1, -0.05) is 0 Å². The van der Waals surface area contributed by atoms with Crippen LogP contribution in [0.3, 0.4) is 0 Å². The van der Waals surface area contributed by atoms with Crippen LogP contribution in [0.2, 0.25) is 0 Å². The van der Waals surface area contributed by atoms with E-state index in [1.807, 2.05) is 13.8 Å². The second-order valence-corrected chi connectivity index (χ2v) is 3.67. The van der Waals surface area contributed by atoms with Crippen molar-refractivity contribution in [3.63, 3.8) is 0 Å². The standard InChI is InChI=1S/C11H15N3O/c1-9(2)13-11(15)5-7-14-6-3-4-10(14)8-12/h3-4,6,9H,5,7H2,1-2H3,(H,13,15). The van der Waals surface area contributed by atoms with E-state index < -0.39 is 0 Å². The topological polar surface area (TPSA) is 57.8 Å². The highest BCUT2D eigenvalue weighted by Crippen LogP contribution is 2.01. The van der Waals surface area contributed by atoms with Gasteiger partial charge in [0.05, 0.1) is 0 Å². The second-order valence-electron chi connectivity index (χ2n) is 3.67. The van der Waals surface area contributed by atoms with E-state index >= 15 is 0 Å². The summed E-state index contributed by atoms with van der Waals surface area (Å²) in [6.45, 7) is 4.40. The lowest BCUT2D eigenvalue weighted by molar-refractivity contribution is -0.121. The van der Waals surface area contributed by atoms with Crippen molar-refractivity contribution in [1.82, 2.24) is 9.88 Å². The van der Waals surface area contributed by atoms with Gasteiger partial charge in [0.25, 0.3) is 0 Å². The third-order valence-electron chi connectivity index (χ3n) is 1.97. The number of carbonyl (C=O) groups excluding carboxylic acids is 1. The molecule has 1 N–H and O–H groups in total. The highest BCUT2D eigenvalue weighted by Gasteiger charge is 2.05. The van der Waals surface area contributed by atoms with Gasteiger partial charge in [-0.15, -0.1) is 0 Å². The van der Waals surface area contributed by atoms with Crippen LogP contribution in [0, 0.1) is 11.3 Å². The van der Waals surface area contributed by atoms with Crippen molar-refractivity contribution in [2.75, 3.05) is 0 Å². The summed E-state index contributed by atoms with van der Waals surface area (Å²) in [5, 5.41) is 11.6. The van der Waals surface area contributed by atoms with Gasteiger partial charge in [0, 0.05) is 25.2 Å². The summed E-state index contributed by atoms with van der Waals surface area (Å²) in [7, 11) is 0. The van der Waals surface area contributed by atoms with Crippen molar-refractivity contribution in [3.05, 3.63) is 24.0 Å². The lowest BCUT2D eigenvalue weighted by Gasteiger charge is -2.08.